The van der Waals surface area contributed by atoms with Gasteiger partial charge in [0.2, 0.25) is 5.78 Å². The molecule has 0 saturated heterocycles. The van der Waals surface area contributed by atoms with Crippen molar-refractivity contribution in [3.63, 3.8) is 0 Å². The largest absolute Gasteiger partial charge is 0.508 e. The Hall–Kier alpha value is -3.55. The second-order valence-corrected chi connectivity index (χ2v) is 11.7. The van der Waals surface area contributed by atoms with Gasteiger partial charge in [-0.2, -0.15) is 0 Å². The molecule has 224 valence electrons. The van der Waals surface area contributed by atoms with E-state index in [4.69, 9.17) is 5.73 Å². The molecule has 1 aromatic rings. The number of phenols is 1. The van der Waals surface area contributed by atoms with Crippen LogP contribution in [0.25, 0.3) is 5.76 Å². The highest BCUT2D eigenvalue weighted by Crippen LogP contribution is 2.54. The van der Waals surface area contributed by atoms with Crippen molar-refractivity contribution in [2.24, 2.45) is 17.6 Å². The number of fused-ring (bicyclic) bond motifs is 3. The molecule has 1 amide bonds. The van der Waals surface area contributed by atoms with Crippen molar-refractivity contribution in [2.75, 3.05) is 33.1 Å². The minimum Gasteiger partial charge on any atom is -0.508 e. The maximum Gasteiger partial charge on any atom is 0.260 e. The number of amides is 1. The zero-order chi connectivity index (χ0) is 30.9. The lowest BCUT2D eigenvalue weighted by Crippen LogP contribution is -2.65. The highest BCUT2D eigenvalue weighted by atomic mass is 19.3. The number of anilines is 1. The van der Waals surface area contributed by atoms with Gasteiger partial charge in [0.15, 0.2) is 11.4 Å². The molecule has 3 aliphatic rings. The van der Waals surface area contributed by atoms with Crippen molar-refractivity contribution in [3.05, 3.63) is 39.7 Å². The number of hydrogen-bond acceptors (Lipinski definition) is 10. The van der Waals surface area contributed by atoms with E-state index < -0.39 is 75.8 Å². The third-order valence-corrected chi connectivity index (χ3v) is 8.62. The molecule has 4 rings (SSSR count). The molecule has 0 heterocycles. The summed E-state index contributed by atoms with van der Waals surface area (Å²) in [7, 11) is 6.51. The number of alkyl halides is 2. The number of primary amides is 1. The first kappa shape index (κ1) is 30.4. The number of aromatic hydroxyl groups is 1. The smallest absolute Gasteiger partial charge is 0.260 e. The number of likely N-dealkylation sites (N-methyl/N-ethyl adjacent to an activating group) is 1. The standard InChI is InChI=1S/C28H36F2N4O7/c1-11(27(2,29)30)32-10-13-9-16(33(3)4)14-7-12-8-15-20(34(5)6)23(37)19(26(31)40)25(39)28(15,41)24(38)17(12)22(36)18(14)21(13)35/h9,11-12,15,20,32,35-36,39,41H,7-8,10H2,1-6H3,(H2,31,40)/t11?,12-,15-,20?,28-/m0/s1. The summed E-state index contributed by atoms with van der Waals surface area (Å²) in [6.07, 6.45) is 0.0819. The van der Waals surface area contributed by atoms with E-state index in [1.807, 2.05) is 0 Å². The van der Waals surface area contributed by atoms with Crippen molar-refractivity contribution < 1.29 is 43.6 Å². The fourth-order valence-electron chi connectivity index (χ4n) is 6.32. The van der Waals surface area contributed by atoms with Gasteiger partial charge in [0.05, 0.1) is 17.6 Å². The van der Waals surface area contributed by atoms with E-state index in [-0.39, 0.29) is 36.1 Å². The van der Waals surface area contributed by atoms with Crippen LogP contribution in [-0.2, 0) is 27.3 Å². The van der Waals surface area contributed by atoms with Crippen LogP contribution < -0.4 is 16.0 Å². The lowest BCUT2D eigenvalue weighted by molar-refractivity contribution is -0.153. The Kier molecular flexibility index (Phi) is 7.47. The van der Waals surface area contributed by atoms with Gasteiger partial charge in [-0.15, -0.1) is 0 Å². The van der Waals surface area contributed by atoms with Crippen LogP contribution in [0, 0.1) is 11.8 Å². The van der Waals surface area contributed by atoms with Crippen molar-refractivity contribution in [2.45, 2.75) is 56.8 Å². The summed E-state index contributed by atoms with van der Waals surface area (Å²) in [4.78, 5) is 42.5. The molecule has 7 N–H and O–H groups in total. The second-order valence-electron chi connectivity index (χ2n) is 11.7. The highest BCUT2D eigenvalue weighted by Gasteiger charge is 2.64. The van der Waals surface area contributed by atoms with Crippen LogP contribution in [-0.4, -0.2) is 94.6 Å². The molecule has 1 saturated carbocycles. The van der Waals surface area contributed by atoms with Gasteiger partial charge in [0.25, 0.3) is 11.8 Å². The van der Waals surface area contributed by atoms with Crippen LogP contribution in [0.4, 0.5) is 14.5 Å². The number of Topliss-reactive ketones (excluding diaryl/α,β-unsaturated/α-hetero) is 2. The zero-order valence-electron chi connectivity index (χ0n) is 23.7. The zero-order valence-corrected chi connectivity index (χ0v) is 23.7. The predicted octanol–water partition coefficient (Wildman–Crippen LogP) is 1.16. The number of nitrogens with one attached hydrogen (secondary N) is 1. The van der Waals surface area contributed by atoms with Crippen molar-refractivity contribution in [1.82, 2.24) is 10.2 Å². The van der Waals surface area contributed by atoms with E-state index in [1.165, 1.54) is 25.9 Å². The number of ketones is 2. The number of carbonyl (C=O) groups excluding carboxylic acids is 3. The van der Waals surface area contributed by atoms with Crippen LogP contribution >= 0.6 is 0 Å². The van der Waals surface area contributed by atoms with Crippen LogP contribution in [0.2, 0.25) is 0 Å². The maximum atomic E-state index is 14.0. The molecule has 13 heteroatoms. The Balaban J connectivity index is 1.92. The number of rotatable bonds is 7. The quantitative estimate of drug-likeness (QED) is 0.258. The first-order chi connectivity index (χ1) is 18.8. The molecule has 5 atom stereocenters. The number of halogens is 2. The Bertz CT molecular complexity index is 1400. The minimum absolute atomic E-state index is 0.0359. The van der Waals surface area contributed by atoms with Gasteiger partial charge < -0.3 is 36.4 Å². The topological polar surface area (TPSA) is 177 Å². The number of hydrogen-bond donors (Lipinski definition) is 6. The molecule has 11 nitrogen and oxygen atoms in total. The molecule has 1 aromatic carbocycles. The lowest BCUT2D eigenvalue weighted by atomic mass is 9.57. The molecule has 41 heavy (non-hydrogen) atoms. The molecular weight excluding hydrogens is 542 g/mol. The number of aliphatic hydroxyl groups excluding tert-OH is 2. The highest BCUT2D eigenvalue weighted by molar-refractivity contribution is 6.24. The van der Waals surface area contributed by atoms with Crippen LogP contribution in [0.15, 0.2) is 23.0 Å². The first-order valence-corrected chi connectivity index (χ1v) is 13.2. The van der Waals surface area contributed by atoms with Crippen LogP contribution in [0.1, 0.15) is 37.0 Å². The van der Waals surface area contributed by atoms with Gasteiger partial charge >= 0.3 is 0 Å². The van der Waals surface area contributed by atoms with E-state index in [0.717, 1.165) is 6.92 Å². The summed E-state index contributed by atoms with van der Waals surface area (Å²) in [5, 5.41) is 48.1. The third kappa shape index (κ3) is 4.56. The van der Waals surface area contributed by atoms with E-state index in [0.29, 0.717) is 11.3 Å². The monoisotopic (exact) mass is 578 g/mol. The fourth-order valence-corrected chi connectivity index (χ4v) is 6.32. The Labute approximate surface area is 235 Å². The molecule has 3 aliphatic carbocycles. The summed E-state index contributed by atoms with van der Waals surface area (Å²) < 4.78 is 27.5. The predicted molar refractivity (Wildman–Crippen MR) is 145 cm³/mol. The first-order valence-electron chi connectivity index (χ1n) is 13.2. The van der Waals surface area contributed by atoms with Gasteiger partial charge in [0, 0.05) is 50.3 Å². The summed E-state index contributed by atoms with van der Waals surface area (Å²) in [5.41, 5.74) is 2.56. The minimum atomic E-state index is -3.04. The van der Waals surface area contributed by atoms with Crippen LogP contribution in [0.5, 0.6) is 5.75 Å². The van der Waals surface area contributed by atoms with Gasteiger partial charge in [-0.3, -0.25) is 19.3 Å². The molecule has 0 radical (unpaired) electrons. The van der Waals surface area contributed by atoms with Gasteiger partial charge in [0.1, 0.15) is 22.8 Å². The van der Waals surface area contributed by atoms with Gasteiger partial charge in [-0.25, -0.2) is 8.78 Å². The van der Waals surface area contributed by atoms with Crippen LogP contribution in [0.3, 0.4) is 0 Å². The SMILES string of the molecule is CC(NCc1cc(N(C)C)c2c(c1O)C(O)=C1C(=O)[C@]3(O)C(O)=C(C(N)=O)C(=O)C(N(C)C)[C@@H]3C[C@@H]1C2)C(C)(F)F. The summed E-state index contributed by atoms with van der Waals surface area (Å²) >= 11 is 0. The normalized spacial score (nSPS) is 27.0. The fraction of sp³-hybridized carbons (Fsp3) is 0.536. The molecular formula is C28H36F2N4O7. The number of phenolic OH excluding ortho intramolecular Hbond substituents is 1. The molecule has 1 fully saturated rings. The lowest BCUT2D eigenvalue weighted by Gasteiger charge is -2.50. The Morgan fingerprint density at radius 2 is 1.83 bits per heavy atom. The third-order valence-electron chi connectivity index (χ3n) is 8.62. The molecule has 0 bridgehead atoms. The number of nitrogens with zero attached hydrogens (tertiary/aromatic N) is 2. The summed E-state index contributed by atoms with van der Waals surface area (Å²) in [6.45, 7) is 1.87. The van der Waals surface area contributed by atoms with Crippen molar-refractivity contribution >= 4 is 28.9 Å². The molecule has 0 aliphatic heterocycles. The summed E-state index contributed by atoms with van der Waals surface area (Å²) in [6, 6.07) is -0.807. The average molecular weight is 579 g/mol. The van der Waals surface area contributed by atoms with E-state index in [2.05, 4.69) is 5.32 Å². The number of aliphatic hydroxyl groups is 3. The van der Waals surface area contributed by atoms with Gasteiger partial charge in [-0.05, 0) is 51.4 Å². The van der Waals surface area contributed by atoms with Gasteiger partial charge in [-0.1, -0.05) is 0 Å². The summed E-state index contributed by atoms with van der Waals surface area (Å²) in [5.74, 6) is -10.5. The van der Waals surface area contributed by atoms with Crippen molar-refractivity contribution in [1.29, 1.82) is 0 Å². The van der Waals surface area contributed by atoms with E-state index >= 15 is 0 Å². The average Bonchev–Trinajstić information content (AvgIpc) is 2.84. The Morgan fingerprint density at radius 1 is 1.22 bits per heavy atom. The number of benzene rings is 1. The number of nitrogens with two attached hydrogens (primary N) is 1. The maximum absolute atomic E-state index is 14.0. The molecule has 2 unspecified atom stereocenters. The number of carbonyl (C=O) groups is 3. The van der Waals surface area contributed by atoms with E-state index in [9.17, 15) is 43.6 Å². The van der Waals surface area contributed by atoms with Crippen molar-refractivity contribution in [3.8, 4) is 5.75 Å². The molecule has 0 spiro atoms. The second kappa shape index (κ2) is 10.1. The molecule has 0 aromatic heterocycles. The van der Waals surface area contributed by atoms with E-state index in [1.54, 1.807) is 25.1 Å². The Morgan fingerprint density at radius 3 is 2.34 bits per heavy atom.